The van der Waals surface area contributed by atoms with Crippen molar-refractivity contribution < 1.29 is 9.53 Å². The van der Waals surface area contributed by atoms with Crippen molar-refractivity contribution in [2.75, 3.05) is 6.61 Å². The maximum Gasteiger partial charge on any atom is 0.316 e. The molecule has 0 saturated heterocycles. The van der Waals surface area contributed by atoms with Crippen molar-refractivity contribution in [1.82, 2.24) is 0 Å². The Morgan fingerprint density at radius 3 is 2.70 bits per heavy atom. The molecule has 0 aromatic rings. The van der Waals surface area contributed by atoms with Crippen LogP contribution in [0.4, 0.5) is 0 Å². The summed E-state index contributed by atoms with van der Waals surface area (Å²) in [5, 5.41) is 19.1. The zero-order chi connectivity index (χ0) is 14.6. The van der Waals surface area contributed by atoms with Crippen molar-refractivity contribution in [2.24, 2.45) is 10.8 Å². The van der Waals surface area contributed by atoms with Gasteiger partial charge in [-0.05, 0) is 38.2 Å². The molecule has 1 atom stereocenters. The Kier molecular flexibility index (Phi) is 3.95. The number of carbonyl (C=O) groups excluding carboxylic acids is 1. The average Bonchev–Trinajstić information content (AvgIpc) is 2.65. The van der Waals surface area contributed by atoms with Crippen LogP contribution in [-0.2, 0) is 9.53 Å². The van der Waals surface area contributed by atoms with Gasteiger partial charge in [-0.2, -0.15) is 10.5 Å². The van der Waals surface area contributed by atoms with Crippen LogP contribution < -0.4 is 0 Å². The van der Waals surface area contributed by atoms with Crippen molar-refractivity contribution in [3.63, 3.8) is 0 Å². The lowest BCUT2D eigenvalue weighted by molar-refractivity contribution is -0.154. The van der Waals surface area contributed by atoms with E-state index in [1.54, 1.807) is 6.92 Å². The van der Waals surface area contributed by atoms with E-state index in [1.807, 2.05) is 18.2 Å². The van der Waals surface area contributed by atoms with E-state index in [2.05, 4.69) is 12.1 Å². The zero-order valence-corrected chi connectivity index (χ0v) is 11.7. The summed E-state index contributed by atoms with van der Waals surface area (Å²) in [5.41, 5.74) is -1.41. The highest BCUT2D eigenvalue weighted by atomic mass is 16.5. The number of nitrogens with zero attached hydrogens (tertiary/aromatic N) is 2. The minimum atomic E-state index is -1.24. The molecule has 0 aliphatic heterocycles. The Hall–Kier alpha value is -2.07. The van der Waals surface area contributed by atoms with Gasteiger partial charge in [-0.15, -0.1) is 0 Å². The largest absolute Gasteiger partial charge is 0.465 e. The molecule has 4 heteroatoms. The summed E-state index contributed by atoms with van der Waals surface area (Å²) in [4.78, 5) is 12.5. The lowest BCUT2D eigenvalue weighted by Crippen LogP contribution is -2.41. The molecule has 0 fully saturated rings. The zero-order valence-electron chi connectivity index (χ0n) is 11.7. The second-order valence-corrected chi connectivity index (χ2v) is 5.32. The number of ether oxygens (including phenoxy) is 1. The Morgan fingerprint density at radius 2 is 2.05 bits per heavy atom. The fraction of sp³-hybridized carbons (Fsp3) is 0.562. The summed E-state index contributed by atoms with van der Waals surface area (Å²) in [6.07, 6.45) is 8.85. The summed E-state index contributed by atoms with van der Waals surface area (Å²) < 4.78 is 5.25. The summed E-state index contributed by atoms with van der Waals surface area (Å²) in [7, 11) is 0. The maximum atomic E-state index is 12.5. The van der Waals surface area contributed by atoms with Gasteiger partial charge in [-0.1, -0.05) is 18.2 Å². The van der Waals surface area contributed by atoms with Gasteiger partial charge in [0.05, 0.1) is 24.2 Å². The van der Waals surface area contributed by atoms with Gasteiger partial charge in [-0.3, -0.25) is 4.79 Å². The molecule has 0 aromatic heterocycles. The summed E-state index contributed by atoms with van der Waals surface area (Å²) >= 11 is 0. The van der Waals surface area contributed by atoms with Crippen molar-refractivity contribution in [2.45, 2.75) is 39.0 Å². The molecule has 0 N–H and O–H groups in total. The molecule has 1 unspecified atom stereocenters. The highest BCUT2D eigenvalue weighted by Crippen LogP contribution is 2.52. The molecule has 0 radical (unpaired) electrons. The SMILES string of the molecule is CCOC(=O)C12CC=CCC(C#N)(C#N)C1=CCCC2. The monoisotopic (exact) mass is 270 g/mol. The Labute approximate surface area is 119 Å². The maximum absolute atomic E-state index is 12.5. The predicted molar refractivity (Wildman–Crippen MR) is 73.0 cm³/mol. The van der Waals surface area contributed by atoms with Gasteiger partial charge in [0.15, 0.2) is 5.41 Å². The number of rotatable bonds is 2. The first-order valence-electron chi connectivity index (χ1n) is 7.01. The molecule has 20 heavy (non-hydrogen) atoms. The molecule has 0 amide bonds. The van der Waals surface area contributed by atoms with Gasteiger partial charge in [0.2, 0.25) is 0 Å². The molecule has 2 aliphatic rings. The lowest BCUT2D eigenvalue weighted by atomic mass is 9.61. The molecule has 0 aromatic carbocycles. The summed E-state index contributed by atoms with van der Waals surface area (Å²) in [5.74, 6) is -0.299. The van der Waals surface area contributed by atoms with Gasteiger partial charge in [0.25, 0.3) is 0 Å². The predicted octanol–water partition coefficient (Wildman–Crippen LogP) is 3.03. The quantitative estimate of drug-likeness (QED) is 0.571. The summed E-state index contributed by atoms with van der Waals surface area (Å²) in [6.45, 7) is 2.08. The normalized spacial score (nSPS) is 27.2. The van der Waals surface area contributed by atoms with Gasteiger partial charge in [0, 0.05) is 6.42 Å². The lowest BCUT2D eigenvalue weighted by Gasteiger charge is -2.39. The minimum absolute atomic E-state index is 0.299. The van der Waals surface area contributed by atoms with E-state index in [0.29, 0.717) is 31.4 Å². The van der Waals surface area contributed by atoms with E-state index in [1.165, 1.54) is 0 Å². The van der Waals surface area contributed by atoms with Gasteiger partial charge in [-0.25, -0.2) is 0 Å². The number of carbonyl (C=O) groups is 1. The Morgan fingerprint density at radius 1 is 1.35 bits per heavy atom. The first-order valence-corrected chi connectivity index (χ1v) is 7.01. The number of hydrogen-bond donors (Lipinski definition) is 0. The number of fused-ring (bicyclic) bond motifs is 1. The number of nitriles is 2. The molecule has 4 nitrogen and oxygen atoms in total. The van der Waals surface area contributed by atoms with Crippen LogP contribution in [0.1, 0.15) is 39.0 Å². The van der Waals surface area contributed by atoms with E-state index in [-0.39, 0.29) is 5.97 Å². The number of allylic oxidation sites excluding steroid dienone is 3. The third-order valence-electron chi connectivity index (χ3n) is 4.24. The van der Waals surface area contributed by atoms with Crippen LogP contribution in [-0.4, -0.2) is 12.6 Å². The van der Waals surface area contributed by atoms with Crippen molar-refractivity contribution in [1.29, 1.82) is 10.5 Å². The van der Waals surface area contributed by atoms with Crippen LogP contribution in [0, 0.1) is 33.5 Å². The number of esters is 1. The Bertz CT molecular complexity index is 534. The van der Waals surface area contributed by atoms with E-state index < -0.39 is 10.8 Å². The van der Waals surface area contributed by atoms with Crippen LogP contribution in [0.25, 0.3) is 0 Å². The topological polar surface area (TPSA) is 73.9 Å². The first kappa shape index (κ1) is 14.3. The van der Waals surface area contributed by atoms with Crippen LogP contribution in [0.5, 0.6) is 0 Å². The molecule has 0 bridgehead atoms. The van der Waals surface area contributed by atoms with Gasteiger partial charge < -0.3 is 4.74 Å². The second-order valence-electron chi connectivity index (χ2n) is 5.32. The molecule has 2 aliphatic carbocycles. The molecular formula is C16H18N2O2. The van der Waals surface area contributed by atoms with Crippen LogP contribution in [0.3, 0.4) is 0 Å². The molecule has 2 rings (SSSR count). The van der Waals surface area contributed by atoms with Crippen molar-refractivity contribution >= 4 is 5.97 Å². The van der Waals surface area contributed by atoms with Crippen LogP contribution >= 0.6 is 0 Å². The molecule has 0 spiro atoms. The smallest absolute Gasteiger partial charge is 0.316 e. The fourth-order valence-corrected chi connectivity index (χ4v) is 3.23. The van der Waals surface area contributed by atoms with E-state index in [9.17, 15) is 15.3 Å². The highest BCUT2D eigenvalue weighted by Gasteiger charge is 2.53. The Balaban J connectivity index is 2.58. The molecular weight excluding hydrogens is 252 g/mol. The van der Waals surface area contributed by atoms with Crippen molar-refractivity contribution in [3.05, 3.63) is 23.8 Å². The van der Waals surface area contributed by atoms with E-state index >= 15 is 0 Å². The summed E-state index contributed by atoms with van der Waals surface area (Å²) in [6, 6.07) is 4.28. The second kappa shape index (κ2) is 5.51. The molecule has 0 heterocycles. The van der Waals surface area contributed by atoms with Gasteiger partial charge in [0.1, 0.15) is 0 Å². The van der Waals surface area contributed by atoms with Gasteiger partial charge >= 0.3 is 5.97 Å². The number of hydrogen-bond acceptors (Lipinski definition) is 4. The standard InChI is InChI=1S/C16H18N2O2/c1-2-20-14(19)16-9-4-3-7-13(16)15(11-17,12-18)8-5-6-10-16/h5-7H,2-4,8-10H2,1H3. The fourth-order valence-electron chi connectivity index (χ4n) is 3.23. The van der Waals surface area contributed by atoms with Crippen molar-refractivity contribution in [3.8, 4) is 12.1 Å². The highest BCUT2D eigenvalue weighted by molar-refractivity contribution is 5.82. The van der Waals surface area contributed by atoms with Crippen LogP contribution in [0.2, 0.25) is 0 Å². The average molecular weight is 270 g/mol. The minimum Gasteiger partial charge on any atom is -0.465 e. The third-order valence-corrected chi connectivity index (χ3v) is 4.24. The van der Waals surface area contributed by atoms with E-state index in [4.69, 9.17) is 4.74 Å². The van der Waals surface area contributed by atoms with Crippen LogP contribution in [0.15, 0.2) is 23.8 Å². The van der Waals surface area contributed by atoms with E-state index in [0.717, 1.165) is 12.8 Å². The first-order chi connectivity index (χ1) is 9.65. The molecule has 0 saturated carbocycles. The molecule has 104 valence electrons. The third kappa shape index (κ3) is 2.02.